The van der Waals surface area contributed by atoms with Crippen LogP contribution in [0.1, 0.15) is 59.6 Å². The van der Waals surface area contributed by atoms with Gasteiger partial charge in [0.15, 0.2) is 0 Å². The zero-order chi connectivity index (χ0) is 20.5. The Balaban J connectivity index is 1.48. The zero-order valence-corrected chi connectivity index (χ0v) is 17.5. The predicted octanol–water partition coefficient (Wildman–Crippen LogP) is 3.83. The molecule has 6 nitrogen and oxygen atoms in total. The van der Waals surface area contributed by atoms with Crippen molar-refractivity contribution in [2.24, 2.45) is 0 Å². The van der Waals surface area contributed by atoms with E-state index in [9.17, 15) is 4.79 Å². The molecule has 0 bridgehead atoms. The molecule has 29 heavy (non-hydrogen) atoms. The second kappa shape index (κ2) is 7.95. The maximum atomic E-state index is 13.0. The summed E-state index contributed by atoms with van der Waals surface area (Å²) >= 11 is 0. The number of fused-ring (bicyclic) bond motifs is 2. The Hall–Kier alpha value is -2.73. The second-order valence-electron chi connectivity index (χ2n) is 8.25. The highest BCUT2D eigenvalue weighted by Crippen LogP contribution is 2.25. The van der Waals surface area contributed by atoms with Crippen LogP contribution in [0.3, 0.4) is 0 Å². The van der Waals surface area contributed by atoms with Gasteiger partial charge in [-0.05, 0) is 43.4 Å². The Labute approximate surface area is 171 Å². The van der Waals surface area contributed by atoms with Crippen molar-refractivity contribution in [1.29, 1.82) is 0 Å². The number of carbonyl (C=O) groups is 1. The van der Waals surface area contributed by atoms with E-state index in [0.29, 0.717) is 28.9 Å². The van der Waals surface area contributed by atoms with Crippen LogP contribution in [0, 0.1) is 6.92 Å². The second-order valence-corrected chi connectivity index (χ2v) is 8.25. The van der Waals surface area contributed by atoms with Crippen molar-refractivity contribution in [2.45, 2.75) is 52.6 Å². The van der Waals surface area contributed by atoms with Gasteiger partial charge in [-0.25, -0.2) is 4.98 Å². The highest BCUT2D eigenvalue weighted by molar-refractivity contribution is 6.06. The number of hydrogen-bond donors (Lipinski definition) is 1. The summed E-state index contributed by atoms with van der Waals surface area (Å²) in [5.41, 5.74) is 5.36. The van der Waals surface area contributed by atoms with Gasteiger partial charge in [0.2, 0.25) is 0 Å². The van der Waals surface area contributed by atoms with Crippen LogP contribution in [0.25, 0.3) is 11.1 Å². The number of nitrogens with zero attached hydrogens (tertiary/aromatic N) is 3. The summed E-state index contributed by atoms with van der Waals surface area (Å²) in [5, 5.41) is 7.82. The molecule has 1 aliphatic heterocycles. The van der Waals surface area contributed by atoms with E-state index in [1.165, 1.54) is 11.1 Å². The number of aryl methyl sites for hydroxylation is 1. The van der Waals surface area contributed by atoms with Crippen molar-refractivity contribution < 1.29 is 9.32 Å². The lowest BCUT2D eigenvalue weighted by molar-refractivity contribution is 0.0934. The molecular weight excluding hydrogens is 364 g/mol. The van der Waals surface area contributed by atoms with Crippen LogP contribution in [-0.2, 0) is 13.0 Å². The summed E-state index contributed by atoms with van der Waals surface area (Å²) in [7, 11) is 0. The third-order valence-electron chi connectivity index (χ3n) is 5.81. The minimum absolute atomic E-state index is 0.102. The molecule has 1 N–H and O–H groups in total. The number of benzene rings is 1. The molecule has 1 aromatic carbocycles. The number of nitrogens with one attached hydrogen (secondary N) is 1. The van der Waals surface area contributed by atoms with E-state index in [0.717, 1.165) is 25.2 Å². The van der Waals surface area contributed by atoms with Crippen LogP contribution in [-0.4, -0.2) is 40.1 Å². The summed E-state index contributed by atoms with van der Waals surface area (Å²) < 4.78 is 5.34. The van der Waals surface area contributed by atoms with Gasteiger partial charge in [-0.15, -0.1) is 0 Å². The molecule has 0 saturated carbocycles. The molecule has 1 atom stereocenters. The molecule has 1 unspecified atom stereocenters. The molecular formula is C23H28N4O2. The van der Waals surface area contributed by atoms with Gasteiger partial charge in [0.1, 0.15) is 0 Å². The van der Waals surface area contributed by atoms with Gasteiger partial charge < -0.3 is 9.84 Å². The first-order valence-corrected chi connectivity index (χ1v) is 10.3. The molecule has 6 heteroatoms. The molecule has 1 aliphatic rings. The van der Waals surface area contributed by atoms with E-state index >= 15 is 0 Å². The van der Waals surface area contributed by atoms with Crippen LogP contribution in [0.2, 0.25) is 0 Å². The minimum Gasteiger partial charge on any atom is -0.350 e. The number of aromatic nitrogens is 2. The average molecular weight is 393 g/mol. The molecule has 3 heterocycles. The van der Waals surface area contributed by atoms with E-state index in [2.05, 4.69) is 65.4 Å². The first-order valence-electron chi connectivity index (χ1n) is 10.3. The van der Waals surface area contributed by atoms with Gasteiger partial charge in [0.25, 0.3) is 11.6 Å². The molecule has 4 rings (SSSR count). The Morgan fingerprint density at radius 3 is 2.76 bits per heavy atom. The van der Waals surface area contributed by atoms with Crippen LogP contribution in [0.5, 0.6) is 0 Å². The van der Waals surface area contributed by atoms with Crippen LogP contribution in [0.15, 0.2) is 34.9 Å². The summed E-state index contributed by atoms with van der Waals surface area (Å²) in [6.45, 7) is 10.6. The van der Waals surface area contributed by atoms with Crippen molar-refractivity contribution >= 4 is 17.0 Å². The van der Waals surface area contributed by atoms with Crippen molar-refractivity contribution in [3.8, 4) is 0 Å². The summed E-state index contributed by atoms with van der Waals surface area (Å²) in [5.74, 6) is 0.0959. The molecule has 0 saturated heterocycles. The Bertz CT molecular complexity index is 1040. The fourth-order valence-electron chi connectivity index (χ4n) is 3.95. The highest BCUT2D eigenvalue weighted by Gasteiger charge is 2.23. The van der Waals surface area contributed by atoms with Gasteiger partial charge in [0.05, 0.1) is 16.6 Å². The maximum Gasteiger partial charge on any atom is 0.259 e. The lowest BCUT2D eigenvalue weighted by Crippen LogP contribution is -2.44. The third-order valence-corrected chi connectivity index (χ3v) is 5.81. The van der Waals surface area contributed by atoms with Gasteiger partial charge in [-0.1, -0.05) is 43.3 Å². The summed E-state index contributed by atoms with van der Waals surface area (Å²) in [6, 6.07) is 10.7. The SMILES string of the molecule is Cc1noc2nc(C(C)C)cc(C(=O)NCC(C)N3CCc4ccccc4C3)c12. The lowest BCUT2D eigenvalue weighted by atomic mass is 9.99. The van der Waals surface area contributed by atoms with E-state index < -0.39 is 0 Å². The van der Waals surface area contributed by atoms with E-state index in [1.54, 1.807) is 0 Å². The quantitative estimate of drug-likeness (QED) is 0.714. The molecule has 152 valence electrons. The van der Waals surface area contributed by atoms with E-state index in [4.69, 9.17) is 4.52 Å². The first kappa shape index (κ1) is 19.6. The van der Waals surface area contributed by atoms with Crippen LogP contribution >= 0.6 is 0 Å². The normalized spacial score (nSPS) is 15.5. The highest BCUT2D eigenvalue weighted by atomic mass is 16.5. The monoisotopic (exact) mass is 392 g/mol. The van der Waals surface area contributed by atoms with Crippen molar-refractivity contribution in [1.82, 2.24) is 20.4 Å². The molecule has 0 radical (unpaired) electrons. The predicted molar refractivity (Wildman–Crippen MR) is 113 cm³/mol. The molecule has 3 aromatic rings. The van der Waals surface area contributed by atoms with Crippen molar-refractivity contribution in [3.05, 3.63) is 58.4 Å². The summed E-state index contributed by atoms with van der Waals surface area (Å²) in [6.07, 6.45) is 1.05. The molecule has 1 amide bonds. The molecule has 0 aliphatic carbocycles. The van der Waals surface area contributed by atoms with Crippen molar-refractivity contribution in [2.75, 3.05) is 13.1 Å². The van der Waals surface area contributed by atoms with Crippen LogP contribution in [0.4, 0.5) is 0 Å². The number of carbonyl (C=O) groups excluding carboxylic acids is 1. The largest absolute Gasteiger partial charge is 0.350 e. The van der Waals surface area contributed by atoms with Crippen molar-refractivity contribution in [3.63, 3.8) is 0 Å². The molecule has 0 fully saturated rings. The van der Waals surface area contributed by atoms with E-state index in [-0.39, 0.29) is 17.9 Å². The standard InChI is InChI=1S/C23H28N4O2/c1-14(2)20-11-19(21-16(4)26-29-23(21)25-20)22(28)24-12-15(3)27-10-9-17-7-5-6-8-18(17)13-27/h5-8,11,14-15H,9-10,12-13H2,1-4H3,(H,24,28). The number of amides is 1. The zero-order valence-electron chi connectivity index (χ0n) is 17.5. The third kappa shape index (κ3) is 3.90. The lowest BCUT2D eigenvalue weighted by Gasteiger charge is -2.33. The molecule has 2 aromatic heterocycles. The fourth-order valence-corrected chi connectivity index (χ4v) is 3.95. The van der Waals surface area contributed by atoms with E-state index in [1.807, 2.05) is 13.0 Å². The van der Waals surface area contributed by atoms with Gasteiger partial charge in [-0.2, -0.15) is 0 Å². The average Bonchev–Trinajstić information content (AvgIpc) is 3.11. The Morgan fingerprint density at radius 1 is 1.24 bits per heavy atom. The fraction of sp³-hybridized carbons (Fsp3) is 0.435. The minimum atomic E-state index is -0.102. The van der Waals surface area contributed by atoms with Gasteiger partial charge in [-0.3, -0.25) is 9.69 Å². The number of hydrogen-bond acceptors (Lipinski definition) is 5. The summed E-state index contributed by atoms with van der Waals surface area (Å²) in [4.78, 5) is 20.0. The Kier molecular flexibility index (Phi) is 5.37. The van der Waals surface area contributed by atoms with Gasteiger partial charge >= 0.3 is 0 Å². The smallest absolute Gasteiger partial charge is 0.259 e. The Morgan fingerprint density at radius 2 is 2.00 bits per heavy atom. The molecule has 0 spiro atoms. The maximum absolute atomic E-state index is 13.0. The number of pyridine rings is 1. The first-order chi connectivity index (χ1) is 13.9. The van der Waals surface area contributed by atoms with Gasteiger partial charge in [0, 0.05) is 31.4 Å². The van der Waals surface area contributed by atoms with Crippen LogP contribution < -0.4 is 5.32 Å². The number of rotatable bonds is 5. The topological polar surface area (TPSA) is 71.3 Å².